The number of nitrogens with zero attached hydrogens (tertiary/aromatic N) is 1. The third kappa shape index (κ3) is 4.17. The van der Waals surface area contributed by atoms with Gasteiger partial charge in [0.15, 0.2) is 0 Å². The van der Waals surface area contributed by atoms with Gasteiger partial charge in [-0.1, -0.05) is 11.6 Å². The fourth-order valence-electron chi connectivity index (χ4n) is 2.70. The summed E-state index contributed by atoms with van der Waals surface area (Å²) in [5.74, 6) is 0.418. The van der Waals surface area contributed by atoms with E-state index in [-0.39, 0.29) is 5.91 Å². The number of carbonyl (C=O) groups is 1. The third-order valence-electron chi connectivity index (χ3n) is 3.85. The second kappa shape index (κ2) is 7.38. The number of hydrogen-bond donors (Lipinski definition) is 1. The summed E-state index contributed by atoms with van der Waals surface area (Å²) in [5.41, 5.74) is 1.72. The monoisotopic (exact) mass is 330 g/mol. The van der Waals surface area contributed by atoms with Crippen molar-refractivity contribution in [1.82, 2.24) is 0 Å². The molecule has 0 aliphatic carbocycles. The zero-order valence-corrected chi connectivity index (χ0v) is 13.6. The van der Waals surface area contributed by atoms with Crippen molar-refractivity contribution in [2.75, 3.05) is 23.3 Å². The summed E-state index contributed by atoms with van der Waals surface area (Å²) in [5, 5.41) is 3.47. The molecular weight excluding hydrogens is 312 g/mol. The van der Waals surface area contributed by atoms with E-state index in [0.29, 0.717) is 16.5 Å². The Hall–Kier alpha value is -2.20. The van der Waals surface area contributed by atoms with Gasteiger partial charge in [0.2, 0.25) is 5.91 Å². The lowest BCUT2D eigenvalue weighted by Crippen LogP contribution is -2.29. The molecule has 0 saturated carbocycles. The van der Waals surface area contributed by atoms with Crippen LogP contribution in [0.25, 0.3) is 6.08 Å². The summed E-state index contributed by atoms with van der Waals surface area (Å²) in [6.07, 6.45) is 8.31. The molecule has 23 heavy (non-hydrogen) atoms. The highest BCUT2D eigenvalue weighted by Gasteiger charge is 2.14. The minimum absolute atomic E-state index is 0.219. The Kier molecular flexibility index (Phi) is 5.03. The average Bonchev–Trinajstić information content (AvgIpc) is 3.07. The molecule has 0 atom stereocenters. The van der Waals surface area contributed by atoms with E-state index in [1.54, 1.807) is 30.5 Å². The molecule has 5 heteroatoms. The molecule has 2 heterocycles. The molecule has 3 rings (SSSR count). The van der Waals surface area contributed by atoms with Crippen LogP contribution in [0.1, 0.15) is 25.0 Å². The van der Waals surface area contributed by atoms with Gasteiger partial charge in [0, 0.05) is 24.9 Å². The maximum absolute atomic E-state index is 11.9. The summed E-state index contributed by atoms with van der Waals surface area (Å²) in [6.45, 7) is 2.08. The normalized spacial score (nSPS) is 15.1. The number of furan rings is 1. The Morgan fingerprint density at radius 2 is 2.04 bits per heavy atom. The van der Waals surface area contributed by atoms with Crippen LogP contribution in [0.15, 0.2) is 47.1 Å². The zero-order valence-electron chi connectivity index (χ0n) is 12.8. The van der Waals surface area contributed by atoms with Gasteiger partial charge in [0.05, 0.1) is 17.0 Å². The van der Waals surface area contributed by atoms with Crippen molar-refractivity contribution >= 4 is 35.0 Å². The number of rotatable bonds is 4. The van der Waals surface area contributed by atoms with Crippen LogP contribution in [0.5, 0.6) is 0 Å². The maximum atomic E-state index is 11.9. The van der Waals surface area contributed by atoms with Gasteiger partial charge in [-0.25, -0.2) is 0 Å². The van der Waals surface area contributed by atoms with E-state index in [0.717, 1.165) is 18.8 Å². The molecule has 1 aromatic carbocycles. The number of hydrogen-bond acceptors (Lipinski definition) is 3. The van der Waals surface area contributed by atoms with Crippen molar-refractivity contribution in [2.24, 2.45) is 0 Å². The predicted molar refractivity (Wildman–Crippen MR) is 93.9 cm³/mol. The molecule has 1 saturated heterocycles. The summed E-state index contributed by atoms with van der Waals surface area (Å²) in [6, 6.07) is 9.21. The van der Waals surface area contributed by atoms with Gasteiger partial charge in [-0.3, -0.25) is 4.79 Å². The van der Waals surface area contributed by atoms with Crippen LogP contribution in [0.4, 0.5) is 11.4 Å². The standard InChI is InChI=1S/C18H19ClN2O2/c19-16-13-14(6-8-17(16)21-10-2-1-3-11-21)20-18(22)9-7-15-5-4-12-23-15/h4-9,12-13H,1-3,10-11H2,(H,20,22)/b9-7+. The Morgan fingerprint density at radius 1 is 1.22 bits per heavy atom. The van der Waals surface area contributed by atoms with Crippen LogP contribution in [-0.4, -0.2) is 19.0 Å². The van der Waals surface area contributed by atoms with Gasteiger partial charge in [0.25, 0.3) is 0 Å². The van der Waals surface area contributed by atoms with E-state index in [2.05, 4.69) is 10.2 Å². The highest BCUT2D eigenvalue weighted by molar-refractivity contribution is 6.33. The largest absolute Gasteiger partial charge is 0.465 e. The van der Waals surface area contributed by atoms with Crippen LogP contribution >= 0.6 is 11.6 Å². The highest BCUT2D eigenvalue weighted by atomic mass is 35.5. The van der Waals surface area contributed by atoms with E-state index in [1.165, 1.54) is 25.3 Å². The number of anilines is 2. The Labute approximate surface area is 140 Å². The molecule has 0 spiro atoms. The van der Waals surface area contributed by atoms with Crippen LogP contribution in [-0.2, 0) is 4.79 Å². The van der Waals surface area contributed by atoms with Gasteiger partial charge in [0.1, 0.15) is 5.76 Å². The number of benzene rings is 1. The number of amides is 1. The summed E-state index contributed by atoms with van der Waals surface area (Å²) in [7, 11) is 0. The first-order chi connectivity index (χ1) is 11.2. The number of piperidine rings is 1. The second-order valence-corrected chi connectivity index (χ2v) is 5.96. The molecule has 0 unspecified atom stereocenters. The Morgan fingerprint density at radius 3 is 2.74 bits per heavy atom. The van der Waals surface area contributed by atoms with Gasteiger partial charge in [-0.05, 0) is 55.7 Å². The molecule has 1 aromatic heterocycles. The average molecular weight is 331 g/mol. The smallest absolute Gasteiger partial charge is 0.248 e. The van der Waals surface area contributed by atoms with Crippen LogP contribution in [0.3, 0.4) is 0 Å². The van der Waals surface area contributed by atoms with Crippen LogP contribution in [0, 0.1) is 0 Å². The van der Waals surface area contributed by atoms with Crippen LogP contribution in [0.2, 0.25) is 5.02 Å². The molecular formula is C18H19ClN2O2. The molecule has 1 fully saturated rings. The van der Waals surface area contributed by atoms with E-state index < -0.39 is 0 Å². The summed E-state index contributed by atoms with van der Waals surface area (Å²) < 4.78 is 5.14. The molecule has 4 nitrogen and oxygen atoms in total. The van der Waals surface area contributed by atoms with Gasteiger partial charge >= 0.3 is 0 Å². The van der Waals surface area contributed by atoms with Crippen molar-refractivity contribution in [2.45, 2.75) is 19.3 Å². The van der Waals surface area contributed by atoms with Gasteiger partial charge in [-0.2, -0.15) is 0 Å². The molecule has 0 radical (unpaired) electrons. The van der Waals surface area contributed by atoms with Crippen molar-refractivity contribution in [1.29, 1.82) is 0 Å². The fourth-order valence-corrected chi connectivity index (χ4v) is 3.00. The second-order valence-electron chi connectivity index (χ2n) is 5.55. The Bertz CT molecular complexity index is 689. The lowest BCUT2D eigenvalue weighted by atomic mass is 10.1. The van der Waals surface area contributed by atoms with E-state index in [4.69, 9.17) is 16.0 Å². The number of carbonyl (C=O) groups excluding carboxylic acids is 1. The number of nitrogens with one attached hydrogen (secondary N) is 1. The summed E-state index contributed by atoms with van der Waals surface area (Å²) >= 11 is 6.38. The van der Waals surface area contributed by atoms with Crippen LogP contribution < -0.4 is 10.2 Å². The number of halogens is 1. The quantitative estimate of drug-likeness (QED) is 0.835. The molecule has 1 N–H and O–H groups in total. The van der Waals surface area contributed by atoms with E-state index in [1.807, 2.05) is 12.1 Å². The topological polar surface area (TPSA) is 45.5 Å². The Balaban J connectivity index is 1.64. The van der Waals surface area contributed by atoms with Crippen molar-refractivity contribution in [3.8, 4) is 0 Å². The first-order valence-electron chi connectivity index (χ1n) is 7.79. The van der Waals surface area contributed by atoms with Crippen molar-refractivity contribution in [3.63, 3.8) is 0 Å². The predicted octanol–water partition coefficient (Wildman–Crippen LogP) is 4.58. The van der Waals surface area contributed by atoms with E-state index >= 15 is 0 Å². The SMILES string of the molecule is O=C(/C=C/c1ccco1)Nc1ccc(N2CCCCC2)c(Cl)c1. The minimum Gasteiger partial charge on any atom is -0.465 e. The molecule has 1 amide bonds. The fraction of sp³-hybridized carbons (Fsp3) is 0.278. The van der Waals surface area contributed by atoms with Gasteiger partial charge in [-0.15, -0.1) is 0 Å². The summed E-state index contributed by atoms with van der Waals surface area (Å²) in [4.78, 5) is 14.2. The van der Waals surface area contributed by atoms with Crippen molar-refractivity contribution in [3.05, 3.63) is 53.5 Å². The molecule has 120 valence electrons. The lowest BCUT2D eigenvalue weighted by molar-refractivity contribution is -0.111. The molecule has 1 aliphatic heterocycles. The van der Waals surface area contributed by atoms with Gasteiger partial charge < -0.3 is 14.6 Å². The van der Waals surface area contributed by atoms with Crippen molar-refractivity contribution < 1.29 is 9.21 Å². The molecule has 1 aliphatic rings. The van der Waals surface area contributed by atoms with E-state index in [9.17, 15) is 4.79 Å². The highest BCUT2D eigenvalue weighted by Crippen LogP contribution is 2.30. The first kappa shape index (κ1) is 15.7. The molecule has 2 aromatic rings. The lowest BCUT2D eigenvalue weighted by Gasteiger charge is -2.29. The zero-order chi connectivity index (χ0) is 16.1. The third-order valence-corrected chi connectivity index (χ3v) is 4.16. The first-order valence-corrected chi connectivity index (χ1v) is 8.17. The molecule has 0 bridgehead atoms. The minimum atomic E-state index is -0.219. The maximum Gasteiger partial charge on any atom is 0.248 e.